The van der Waals surface area contributed by atoms with Crippen LogP contribution in [0.1, 0.15) is 0 Å². The lowest BCUT2D eigenvalue weighted by Crippen LogP contribution is -1.96. The van der Waals surface area contributed by atoms with E-state index >= 15 is 0 Å². The second kappa shape index (κ2) is 15.6. The van der Waals surface area contributed by atoms with Gasteiger partial charge in [-0.25, -0.2) is 9.50 Å². The van der Waals surface area contributed by atoms with Crippen molar-refractivity contribution < 1.29 is 0 Å². The Morgan fingerprint density at radius 3 is 1.36 bits per heavy atom. The molecule has 0 saturated heterocycles. The summed E-state index contributed by atoms with van der Waals surface area (Å²) < 4.78 is 2.16. The quantitative estimate of drug-likeness (QED) is 0.154. The number of hydrogen-bond donors (Lipinski definition) is 0. The van der Waals surface area contributed by atoms with Gasteiger partial charge in [-0.05, 0) is 68.6 Å². The van der Waals surface area contributed by atoms with E-state index in [1.54, 1.807) is 0 Å². The third-order valence-electron chi connectivity index (χ3n) is 11.6. The minimum Gasteiger partial charge on any atom is -0.248 e. The number of fused-ring (bicyclic) bond motifs is 3. The van der Waals surface area contributed by atoms with Crippen molar-refractivity contribution in [1.29, 1.82) is 0 Å². The molecule has 0 aliphatic heterocycles. The number of nitrogens with zero attached hydrogens (tertiary/aromatic N) is 3. The molecule has 0 atom stereocenters. The molecule has 3 nitrogen and oxygen atoms in total. The van der Waals surface area contributed by atoms with E-state index in [2.05, 4.69) is 229 Å². The Kier molecular flexibility index (Phi) is 9.18. The first kappa shape index (κ1) is 36.0. The van der Waals surface area contributed by atoms with Crippen LogP contribution >= 0.6 is 0 Å². The fraction of sp³-hybridized carbons (Fsp3) is 0. The Hall–Kier alpha value is -8.14. The average molecular weight is 778 g/mol. The lowest BCUT2D eigenvalue weighted by Gasteiger charge is -2.14. The molecule has 0 amide bonds. The standard InChI is InChI=1S/C58H39N3/c1-6-18-42(19-7-1)53-37-49(38-54(59-53)43-20-8-2-9-21-43)48-29-16-28-47(36-48)40-32-34-41(35-33-40)50-30-17-31-51-52(50)39-55(44-22-10-3-11-23-44)61-58(51)56(45-24-12-4-13-25-45)57(60-61)46-26-14-5-15-27-46/h1-39H. The molecule has 0 aliphatic rings. The molecule has 0 aliphatic carbocycles. The molecule has 286 valence electrons. The van der Waals surface area contributed by atoms with Gasteiger partial charge in [0.15, 0.2) is 0 Å². The van der Waals surface area contributed by atoms with Crippen molar-refractivity contribution in [3.8, 4) is 89.5 Å². The Bertz CT molecular complexity index is 3250. The van der Waals surface area contributed by atoms with Gasteiger partial charge in [0.1, 0.15) is 5.69 Å². The fourth-order valence-corrected chi connectivity index (χ4v) is 8.64. The van der Waals surface area contributed by atoms with Gasteiger partial charge >= 0.3 is 0 Å². The molecule has 8 aromatic carbocycles. The maximum atomic E-state index is 5.42. The van der Waals surface area contributed by atoms with Crippen LogP contribution in [0, 0.1) is 0 Å². The van der Waals surface area contributed by atoms with E-state index < -0.39 is 0 Å². The highest BCUT2D eigenvalue weighted by molar-refractivity contribution is 6.12. The molecule has 61 heavy (non-hydrogen) atoms. The van der Waals surface area contributed by atoms with E-state index in [0.29, 0.717) is 0 Å². The van der Waals surface area contributed by atoms with Gasteiger partial charge in [0.05, 0.1) is 22.6 Å². The van der Waals surface area contributed by atoms with E-state index in [-0.39, 0.29) is 0 Å². The Morgan fingerprint density at radius 1 is 0.295 bits per heavy atom. The molecule has 11 aromatic rings. The highest BCUT2D eigenvalue weighted by Crippen LogP contribution is 2.43. The molecule has 0 bridgehead atoms. The summed E-state index contributed by atoms with van der Waals surface area (Å²) in [5.41, 5.74) is 18.6. The number of hydrogen-bond acceptors (Lipinski definition) is 2. The molecule has 3 aromatic heterocycles. The summed E-state index contributed by atoms with van der Waals surface area (Å²) >= 11 is 0. The smallest absolute Gasteiger partial charge is 0.101 e. The summed E-state index contributed by atoms with van der Waals surface area (Å²) in [5, 5.41) is 7.75. The number of pyridine rings is 2. The second-order valence-electron chi connectivity index (χ2n) is 15.4. The van der Waals surface area contributed by atoms with Gasteiger partial charge in [-0.1, -0.05) is 212 Å². The number of rotatable bonds is 8. The van der Waals surface area contributed by atoms with Gasteiger partial charge < -0.3 is 0 Å². The zero-order valence-corrected chi connectivity index (χ0v) is 33.4. The molecule has 0 N–H and O–H groups in total. The highest BCUT2D eigenvalue weighted by Gasteiger charge is 2.22. The molecule has 0 spiro atoms. The van der Waals surface area contributed by atoms with E-state index in [4.69, 9.17) is 10.1 Å². The van der Waals surface area contributed by atoms with Crippen molar-refractivity contribution >= 4 is 16.3 Å². The summed E-state index contributed by atoms with van der Waals surface area (Å²) in [7, 11) is 0. The van der Waals surface area contributed by atoms with Crippen molar-refractivity contribution in [2.24, 2.45) is 0 Å². The van der Waals surface area contributed by atoms with Gasteiger partial charge in [0, 0.05) is 33.2 Å². The van der Waals surface area contributed by atoms with Crippen molar-refractivity contribution in [3.63, 3.8) is 0 Å². The topological polar surface area (TPSA) is 30.2 Å². The predicted molar refractivity (Wildman–Crippen MR) is 254 cm³/mol. The van der Waals surface area contributed by atoms with Crippen LogP contribution in [0.15, 0.2) is 237 Å². The third-order valence-corrected chi connectivity index (χ3v) is 11.6. The summed E-state index contributed by atoms with van der Waals surface area (Å²) in [6.07, 6.45) is 0. The summed E-state index contributed by atoms with van der Waals surface area (Å²) in [5.74, 6) is 0. The van der Waals surface area contributed by atoms with Gasteiger partial charge in [0.2, 0.25) is 0 Å². The van der Waals surface area contributed by atoms with E-state index in [1.165, 1.54) is 10.9 Å². The summed E-state index contributed by atoms with van der Waals surface area (Å²) in [4.78, 5) is 5.11. The molecule has 3 heteroatoms. The SMILES string of the molecule is c1ccc(-c2cc(-c3cccc(-c4ccc(-c5cccc6c5cc(-c5ccccc5)n5nc(-c7ccccc7)c(-c7ccccc7)c65)cc4)c3)cc(-c3ccccc3)n2)cc1. The van der Waals surface area contributed by atoms with Crippen molar-refractivity contribution in [3.05, 3.63) is 237 Å². The van der Waals surface area contributed by atoms with Gasteiger partial charge in [0.25, 0.3) is 0 Å². The first-order valence-corrected chi connectivity index (χ1v) is 20.7. The monoisotopic (exact) mass is 777 g/mol. The van der Waals surface area contributed by atoms with Crippen molar-refractivity contribution in [1.82, 2.24) is 14.6 Å². The van der Waals surface area contributed by atoms with Crippen molar-refractivity contribution in [2.45, 2.75) is 0 Å². The first-order valence-electron chi connectivity index (χ1n) is 20.7. The summed E-state index contributed by atoms with van der Waals surface area (Å²) in [6, 6.07) is 84.0. The minimum absolute atomic E-state index is 0.956. The van der Waals surface area contributed by atoms with Crippen LogP contribution in [-0.2, 0) is 0 Å². The maximum absolute atomic E-state index is 5.42. The van der Waals surface area contributed by atoms with Crippen LogP contribution in [0.4, 0.5) is 0 Å². The largest absolute Gasteiger partial charge is 0.248 e. The van der Waals surface area contributed by atoms with E-state index in [9.17, 15) is 0 Å². The fourth-order valence-electron chi connectivity index (χ4n) is 8.64. The van der Waals surface area contributed by atoms with E-state index in [1.807, 2.05) is 12.1 Å². The van der Waals surface area contributed by atoms with Gasteiger partial charge in [-0.2, -0.15) is 5.10 Å². The van der Waals surface area contributed by atoms with Gasteiger partial charge in [-0.15, -0.1) is 0 Å². The molecule has 3 heterocycles. The molecular formula is C58H39N3. The van der Waals surface area contributed by atoms with Crippen LogP contribution in [0.2, 0.25) is 0 Å². The molecule has 0 saturated carbocycles. The van der Waals surface area contributed by atoms with Crippen molar-refractivity contribution in [2.75, 3.05) is 0 Å². The lowest BCUT2D eigenvalue weighted by molar-refractivity contribution is 0.979. The Balaban J connectivity index is 1.04. The number of aromatic nitrogens is 3. The zero-order valence-electron chi connectivity index (χ0n) is 33.4. The molecular weight excluding hydrogens is 739 g/mol. The lowest BCUT2D eigenvalue weighted by atomic mass is 9.92. The molecule has 11 rings (SSSR count). The second-order valence-corrected chi connectivity index (χ2v) is 15.4. The molecule has 0 radical (unpaired) electrons. The van der Waals surface area contributed by atoms with Gasteiger partial charge in [-0.3, -0.25) is 0 Å². The summed E-state index contributed by atoms with van der Waals surface area (Å²) in [6.45, 7) is 0. The van der Waals surface area contributed by atoms with Crippen LogP contribution in [-0.4, -0.2) is 14.6 Å². The number of benzene rings is 8. The van der Waals surface area contributed by atoms with Crippen LogP contribution < -0.4 is 0 Å². The first-order chi connectivity index (χ1) is 30.2. The Morgan fingerprint density at radius 2 is 0.770 bits per heavy atom. The Labute approximate surface area is 355 Å². The molecule has 0 fully saturated rings. The van der Waals surface area contributed by atoms with Crippen LogP contribution in [0.5, 0.6) is 0 Å². The highest BCUT2D eigenvalue weighted by atomic mass is 15.2. The van der Waals surface area contributed by atoms with Crippen LogP contribution in [0.25, 0.3) is 106 Å². The van der Waals surface area contributed by atoms with Crippen LogP contribution in [0.3, 0.4) is 0 Å². The average Bonchev–Trinajstić information content (AvgIpc) is 3.76. The van der Waals surface area contributed by atoms with E-state index in [0.717, 1.165) is 94.9 Å². The predicted octanol–water partition coefficient (Wildman–Crippen LogP) is 15.2. The normalized spacial score (nSPS) is 11.3. The third kappa shape index (κ3) is 6.78. The minimum atomic E-state index is 0.956. The maximum Gasteiger partial charge on any atom is 0.101 e. The zero-order chi connectivity index (χ0) is 40.5. The molecule has 0 unspecified atom stereocenters.